The number of aromatic hydroxyl groups is 1. The molecule has 0 saturated heterocycles. The zero-order chi connectivity index (χ0) is 16.1. The predicted molar refractivity (Wildman–Crippen MR) is 91.6 cm³/mol. The summed E-state index contributed by atoms with van der Waals surface area (Å²) in [6.07, 6.45) is 1.46. The molecule has 0 aliphatic heterocycles. The van der Waals surface area contributed by atoms with E-state index in [1.54, 1.807) is 18.2 Å². The summed E-state index contributed by atoms with van der Waals surface area (Å²) in [7, 11) is 0. The van der Waals surface area contributed by atoms with Crippen molar-refractivity contribution in [3.05, 3.63) is 65.0 Å². The Labute approximate surface area is 137 Å². The molecule has 3 rings (SSSR count). The van der Waals surface area contributed by atoms with E-state index in [0.29, 0.717) is 10.7 Å². The molecule has 3 aromatic rings. The Bertz CT molecular complexity index is 881. The Hall–Kier alpha value is -3.17. The predicted octanol–water partition coefficient (Wildman–Crippen LogP) is 3.83. The number of nitrogens with one attached hydrogen (secondary N) is 1. The van der Waals surface area contributed by atoms with Gasteiger partial charge in [-0.1, -0.05) is 36.4 Å². The van der Waals surface area contributed by atoms with Crippen LogP contribution >= 0.6 is 11.3 Å². The van der Waals surface area contributed by atoms with Crippen molar-refractivity contribution in [2.24, 2.45) is 5.10 Å². The van der Waals surface area contributed by atoms with E-state index in [1.807, 2.05) is 41.8 Å². The molecule has 0 atom stereocenters. The van der Waals surface area contributed by atoms with Crippen molar-refractivity contribution in [2.45, 2.75) is 0 Å². The molecule has 23 heavy (non-hydrogen) atoms. The molecular formula is C17H12N4OS. The van der Waals surface area contributed by atoms with Gasteiger partial charge in [-0.3, -0.25) is 5.43 Å². The zero-order valence-electron chi connectivity index (χ0n) is 12.0. The molecule has 0 aliphatic carbocycles. The van der Waals surface area contributed by atoms with E-state index >= 15 is 0 Å². The van der Waals surface area contributed by atoms with Crippen molar-refractivity contribution >= 4 is 22.7 Å². The van der Waals surface area contributed by atoms with E-state index in [9.17, 15) is 5.11 Å². The second kappa shape index (κ2) is 6.73. The van der Waals surface area contributed by atoms with Crippen LogP contribution in [0.1, 0.15) is 11.1 Å². The fourth-order valence-corrected chi connectivity index (χ4v) is 2.65. The van der Waals surface area contributed by atoms with Crippen molar-refractivity contribution < 1.29 is 5.11 Å². The molecule has 6 heteroatoms. The lowest BCUT2D eigenvalue weighted by atomic mass is 10.1. The molecule has 1 heterocycles. The standard InChI is InChI=1S/C17H12N4OS/c18-9-13-7-4-8-14(16(13)22)10-19-21-17-20-15(11-23-17)12-5-2-1-3-6-12/h1-8,10-11,22H,(H,20,21). The van der Waals surface area contributed by atoms with Gasteiger partial charge in [-0.15, -0.1) is 11.3 Å². The minimum absolute atomic E-state index is 0.0790. The highest BCUT2D eigenvalue weighted by atomic mass is 32.1. The van der Waals surface area contributed by atoms with Crippen LogP contribution in [0.15, 0.2) is 59.0 Å². The molecule has 0 spiro atoms. The first-order valence-electron chi connectivity index (χ1n) is 6.80. The Kier molecular flexibility index (Phi) is 4.32. The molecular weight excluding hydrogens is 308 g/mol. The number of para-hydroxylation sites is 1. The number of hydrogen-bond donors (Lipinski definition) is 2. The lowest BCUT2D eigenvalue weighted by Crippen LogP contribution is -1.91. The van der Waals surface area contributed by atoms with E-state index in [-0.39, 0.29) is 11.3 Å². The molecule has 0 unspecified atom stereocenters. The smallest absolute Gasteiger partial charge is 0.203 e. The summed E-state index contributed by atoms with van der Waals surface area (Å²) in [5.74, 6) is -0.0790. The number of aromatic nitrogens is 1. The summed E-state index contributed by atoms with van der Waals surface area (Å²) < 4.78 is 0. The van der Waals surface area contributed by atoms with Gasteiger partial charge in [0.1, 0.15) is 11.8 Å². The summed E-state index contributed by atoms with van der Waals surface area (Å²) in [6.45, 7) is 0. The number of anilines is 1. The average molecular weight is 320 g/mol. The Balaban J connectivity index is 1.72. The van der Waals surface area contributed by atoms with Crippen LogP contribution in [-0.4, -0.2) is 16.3 Å². The molecule has 0 radical (unpaired) electrons. The number of phenolic OH excluding ortho intramolecular Hbond substituents is 1. The number of nitrogens with zero attached hydrogens (tertiary/aromatic N) is 3. The van der Waals surface area contributed by atoms with Crippen LogP contribution in [0.5, 0.6) is 5.75 Å². The van der Waals surface area contributed by atoms with Gasteiger partial charge in [0, 0.05) is 16.5 Å². The van der Waals surface area contributed by atoms with Crippen LogP contribution in [0.4, 0.5) is 5.13 Å². The van der Waals surface area contributed by atoms with Crippen molar-refractivity contribution in [3.8, 4) is 23.1 Å². The number of nitriles is 1. The third-order valence-corrected chi connectivity index (χ3v) is 3.87. The van der Waals surface area contributed by atoms with Gasteiger partial charge in [-0.05, 0) is 12.1 Å². The van der Waals surface area contributed by atoms with Crippen LogP contribution in [0, 0.1) is 11.3 Å². The molecule has 2 N–H and O–H groups in total. The zero-order valence-corrected chi connectivity index (χ0v) is 12.8. The Morgan fingerprint density at radius 1 is 1.17 bits per heavy atom. The van der Waals surface area contributed by atoms with E-state index in [4.69, 9.17) is 5.26 Å². The van der Waals surface area contributed by atoms with Gasteiger partial charge in [0.05, 0.1) is 17.5 Å². The number of benzene rings is 2. The minimum atomic E-state index is -0.0790. The van der Waals surface area contributed by atoms with Crippen molar-refractivity contribution in [1.82, 2.24) is 4.98 Å². The maximum atomic E-state index is 9.88. The summed E-state index contributed by atoms with van der Waals surface area (Å²) in [4.78, 5) is 4.45. The molecule has 0 amide bonds. The molecule has 0 fully saturated rings. The molecule has 112 valence electrons. The third-order valence-electron chi connectivity index (χ3n) is 3.13. The van der Waals surface area contributed by atoms with Gasteiger partial charge < -0.3 is 5.11 Å². The maximum Gasteiger partial charge on any atom is 0.203 e. The molecule has 5 nitrogen and oxygen atoms in total. The first kappa shape index (κ1) is 14.8. The fourth-order valence-electron chi connectivity index (χ4n) is 1.98. The number of phenols is 1. The van der Waals surface area contributed by atoms with Gasteiger partial charge in [-0.25, -0.2) is 4.98 Å². The second-order valence-electron chi connectivity index (χ2n) is 4.63. The normalized spacial score (nSPS) is 10.6. The summed E-state index contributed by atoms with van der Waals surface area (Å²) in [5, 5.41) is 25.4. The fraction of sp³-hybridized carbons (Fsp3) is 0. The third kappa shape index (κ3) is 3.36. The van der Waals surface area contributed by atoms with Gasteiger partial charge in [0.25, 0.3) is 0 Å². The minimum Gasteiger partial charge on any atom is -0.506 e. The molecule has 0 saturated carbocycles. The van der Waals surface area contributed by atoms with Crippen LogP contribution in [-0.2, 0) is 0 Å². The van der Waals surface area contributed by atoms with Gasteiger partial charge in [-0.2, -0.15) is 10.4 Å². The van der Waals surface area contributed by atoms with E-state index in [1.165, 1.54) is 17.6 Å². The highest BCUT2D eigenvalue weighted by Gasteiger charge is 2.05. The van der Waals surface area contributed by atoms with Crippen LogP contribution in [0.3, 0.4) is 0 Å². The van der Waals surface area contributed by atoms with E-state index < -0.39 is 0 Å². The average Bonchev–Trinajstić information content (AvgIpc) is 3.06. The number of thiazole rings is 1. The highest BCUT2D eigenvalue weighted by Crippen LogP contribution is 2.24. The van der Waals surface area contributed by atoms with Crippen molar-refractivity contribution in [1.29, 1.82) is 5.26 Å². The first-order valence-corrected chi connectivity index (χ1v) is 7.68. The maximum absolute atomic E-state index is 9.88. The summed E-state index contributed by atoms with van der Waals surface area (Å²) in [5.41, 5.74) is 5.44. The van der Waals surface area contributed by atoms with Crippen molar-refractivity contribution in [3.63, 3.8) is 0 Å². The lowest BCUT2D eigenvalue weighted by Gasteiger charge is -2.00. The topological polar surface area (TPSA) is 81.3 Å². The number of rotatable bonds is 4. The van der Waals surface area contributed by atoms with Gasteiger partial charge >= 0.3 is 0 Å². The van der Waals surface area contributed by atoms with E-state index in [0.717, 1.165) is 11.3 Å². The molecule has 1 aromatic heterocycles. The monoisotopic (exact) mass is 320 g/mol. The highest BCUT2D eigenvalue weighted by molar-refractivity contribution is 7.14. The molecule has 0 bridgehead atoms. The second-order valence-corrected chi connectivity index (χ2v) is 5.49. The Morgan fingerprint density at radius 3 is 2.78 bits per heavy atom. The quantitative estimate of drug-likeness (QED) is 0.565. The van der Waals surface area contributed by atoms with Crippen molar-refractivity contribution in [2.75, 3.05) is 5.43 Å². The van der Waals surface area contributed by atoms with Crippen LogP contribution < -0.4 is 5.43 Å². The van der Waals surface area contributed by atoms with E-state index in [2.05, 4.69) is 15.5 Å². The van der Waals surface area contributed by atoms with Gasteiger partial charge in [0.15, 0.2) is 0 Å². The number of hydrazone groups is 1. The lowest BCUT2D eigenvalue weighted by molar-refractivity contribution is 0.472. The summed E-state index contributed by atoms with van der Waals surface area (Å²) >= 11 is 1.44. The SMILES string of the molecule is N#Cc1cccc(C=NNc2nc(-c3ccccc3)cs2)c1O. The van der Waals surface area contributed by atoms with Gasteiger partial charge in [0.2, 0.25) is 5.13 Å². The first-order chi connectivity index (χ1) is 11.3. The number of hydrogen-bond acceptors (Lipinski definition) is 6. The van der Waals surface area contributed by atoms with Crippen LogP contribution in [0.2, 0.25) is 0 Å². The Morgan fingerprint density at radius 2 is 2.00 bits per heavy atom. The summed E-state index contributed by atoms with van der Waals surface area (Å²) in [6, 6.07) is 16.7. The largest absolute Gasteiger partial charge is 0.506 e. The molecule has 0 aliphatic rings. The molecule has 2 aromatic carbocycles. The van der Waals surface area contributed by atoms with Crippen LogP contribution in [0.25, 0.3) is 11.3 Å².